The van der Waals surface area contributed by atoms with E-state index in [0.717, 1.165) is 16.5 Å². The summed E-state index contributed by atoms with van der Waals surface area (Å²) in [7, 11) is 0. The molecule has 3 heteroatoms. The molecule has 0 bridgehead atoms. The molecule has 0 fully saturated rings. The molecule has 4 rings (SSSR count). The molecule has 4 aromatic carbocycles. The number of aliphatic carboxylic acids is 1. The Bertz CT molecular complexity index is 1170. The Morgan fingerprint density at radius 2 is 1.48 bits per heavy atom. The van der Waals surface area contributed by atoms with Gasteiger partial charge in [-0.25, -0.2) is 4.79 Å². The second-order valence-electron chi connectivity index (χ2n) is 6.69. The zero-order chi connectivity index (χ0) is 20.1. The molecule has 3 nitrogen and oxygen atoms in total. The molecule has 1 N–H and O–H groups in total. The molecule has 0 amide bonds. The van der Waals surface area contributed by atoms with Crippen LogP contribution < -0.4 is 4.74 Å². The average molecular weight is 380 g/mol. The Morgan fingerprint density at radius 1 is 0.793 bits per heavy atom. The Hall–Kier alpha value is -3.85. The van der Waals surface area contributed by atoms with Gasteiger partial charge in [0.2, 0.25) is 0 Å². The predicted octanol–water partition coefficient (Wildman–Crippen LogP) is 6.04. The minimum Gasteiger partial charge on any atom is -0.488 e. The fourth-order valence-electron chi connectivity index (χ4n) is 3.35. The van der Waals surface area contributed by atoms with Crippen LogP contribution in [0.4, 0.5) is 0 Å². The maximum atomic E-state index is 11.8. The minimum atomic E-state index is -0.972. The van der Waals surface area contributed by atoms with E-state index < -0.39 is 5.97 Å². The summed E-state index contributed by atoms with van der Waals surface area (Å²) in [5, 5.41) is 12.0. The van der Waals surface area contributed by atoms with E-state index in [0.29, 0.717) is 17.9 Å². The number of rotatable bonds is 6. The first kappa shape index (κ1) is 18.5. The fourth-order valence-corrected chi connectivity index (χ4v) is 3.35. The molecule has 0 spiro atoms. The number of carboxylic acid groups (broad SMARTS) is 1. The van der Waals surface area contributed by atoms with E-state index in [2.05, 4.69) is 18.2 Å². The zero-order valence-corrected chi connectivity index (χ0v) is 15.8. The third-order valence-electron chi connectivity index (χ3n) is 4.80. The van der Waals surface area contributed by atoms with Crippen LogP contribution in [-0.2, 0) is 11.4 Å². The lowest BCUT2D eigenvalue weighted by atomic mass is 10.0. The SMILES string of the molecule is O=C(O)/C(=C\c1ccccc1OCc1cccc2ccccc12)c1ccccc1. The van der Waals surface area contributed by atoms with Crippen molar-refractivity contribution in [3.8, 4) is 5.75 Å². The maximum absolute atomic E-state index is 11.8. The highest BCUT2D eigenvalue weighted by atomic mass is 16.5. The molecule has 0 saturated heterocycles. The number of ether oxygens (including phenoxy) is 1. The van der Waals surface area contributed by atoms with Gasteiger partial charge in [0.15, 0.2) is 0 Å². The lowest BCUT2D eigenvalue weighted by Gasteiger charge is -2.12. The van der Waals surface area contributed by atoms with Gasteiger partial charge in [-0.15, -0.1) is 0 Å². The van der Waals surface area contributed by atoms with Crippen LogP contribution in [0.2, 0.25) is 0 Å². The highest BCUT2D eigenvalue weighted by molar-refractivity contribution is 6.20. The van der Waals surface area contributed by atoms with Crippen molar-refractivity contribution in [3.05, 3.63) is 114 Å². The van der Waals surface area contributed by atoms with Gasteiger partial charge in [0.25, 0.3) is 0 Å². The lowest BCUT2D eigenvalue weighted by Crippen LogP contribution is -2.01. The van der Waals surface area contributed by atoms with Crippen LogP contribution >= 0.6 is 0 Å². The van der Waals surface area contributed by atoms with Crippen molar-refractivity contribution in [1.29, 1.82) is 0 Å². The molecular weight excluding hydrogens is 360 g/mol. The summed E-state index contributed by atoms with van der Waals surface area (Å²) < 4.78 is 6.11. The van der Waals surface area contributed by atoms with Crippen molar-refractivity contribution in [2.24, 2.45) is 0 Å². The van der Waals surface area contributed by atoms with Crippen LogP contribution in [0.1, 0.15) is 16.7 Å². The van der Waals surface area contributed by atoms with Gasteiger partial charge in [0.1, 0.15) is 12.4 Å². The van der Waals surface area contributed by atoms with Gasteiger partial charge in [-0.1, -0.05) is 91.0 Å². The molecule has 0 unspecified atom stereocenters. The van der Waals surface area contributed by atoms with E-state index in [1.54, 1.807) is 18.2 Å². The minimum absolute atomic E-state index is 0.229. The molecule has 4 aromatic rings. The van der Waals surface area contributed by atoms with Gasteiger partial charge in [-0.05, 0) is 34.0 Å². The van der Waals surface area contributed by atoms with Gasteiger partial charge >= 0.3 is 5.97 Å². The van der Waals surface area contributed by atoms with Gasteiger partial charge in [-0.3, -0.25) is 0 Å². The first-order chi connectivity index (χ1) is 14.2. The second kappa shape index (κ2) is 8.44. The number of carbonyl (C=O) groups is 1. The van der Waals surface area contributed by atoms with Gasteiger partial charge in [0.05, 0.1) is 5.57 Å². The van der Waals surface area contributed by atoms with Crippen molar-refractivity contribution < 1.29 is 14.6 Å². The molecule has 0 saturated carbocycles. The highest BCUT2D eigenvalue weighted by Crippen LogP contribution is 2.27. The molecule has 0 radical (unpaired) electrons. The summed E-state index contributed by atoms with van der Waals surface area (Å²) >= 11 is 0. The summed E-state index contributed by atoms with van der Waals surface area (Å²) in [5.41, 5.74) is 2.70. The Morgan fingerprint density at radius 3 is 2.31 bits per heavy atom. The molecule has 0 aliphatic carbocycles. The maximum Gasteiger partial charge on any atom is 0.336 e. The molecule has 0 aliphatic heterocycles. The predicted molar refractivity (Wildman–Crippen MR) is 117 cm³/mol. The van der Waals surface area contributed by atoms with Gasteiger partial charge in [-0.2, -0.15) is 0 Å². The second-order valence-corrected chi connectivity index (χ2v) is 6.69. The Labute approximate surface area is 169 Å². The van der Waals surface area contributed by atoms with Crippen molar-refractivity contribution >= 4 is 28.4 Å². The summed E-state index contributed by atoms with van der Waals surface area (Å²) in [6.07, 6.45) is 1.66. The number of carboxylic acids is 1. The molecule has 0 heterocycles. The largest absolute Gasteiger partial charge is 0.488 e. The van der Waals surface area contributed by atoms with Crippen molar-refractivity contribution in [2.45, 2.75) is 6.61 Å². The first-order valence-electron chi connectivity index (χ1n) is 9.41. The zero-order valence-electron chi connectivity index (χ0n) is 15.8. The van der Waals surface area contributed by atoms with Crippen molar-refractivity contribution in [3.63, 3.8) is 0 Å². The van der Waals surface area contributed by atoms with Crippen LogP contribution in [0.5, 0.6) is 5.75 Å². The van der Waals surface area contributed by atoms with Crippen LogP contribution in [0.15, 0.2) is 97.1 Å². The van der Waals surface area contributed by atoms with Crippen molar-refractivity contribution in [1.82, 2.24) is 0 Å². The Balaban J connectivity index is 1.66. The number of hydrogen-bond donors (Lipinski definition) is 1. The van der Waals surface area contributed by atoms with Crippen LogP contribution in [0.25, 0.3) is 22.4 Å². The molecule has 142 valence electrons. The number of hydrogen-bond acceptors (Lipinski definition) is 2. The summed E-state index contributed by atoms with van der Waals surface area (Å²) in [6.45, 7) is 0.403. The normalized spacial score (nSPS) is 11.4. The topological polar surface area (TPSA) is 46.5 Å². The van der Waals surface area contributed by atoms with E-state index in [1.807, 2.05) is 66.7 Å². The lowest BCUT2D eigenvalue weighted by molar-refractivity contribution is -0.130. The standard InChI is InChI=1S/C26H20O3/c27-26(28)24(20-9-2-1-3-10-20)17-21-12-5-7-16-25(21)29-18-22-14-8-13-19-11-4-6-15-23(19)22/h1-17H,18H2,(H,27,28)/b24-17-. The molecule has 0 aliphatic rings. The van der Waals surface area contributed by atoms with Crippen LogP contribution in [0, 0.1) is 0 Å². The number of fused-ring (bicyclic) bond motifs is 1. The van der Waals surface area contributed by atoms with Crippen LogP contribution in [0.3, 0.4) is 0 Å². The quantitative estimate of drug-likeness (QED) is 0.327. The fraction of sp³-hybridized carbons (Fsp3) is 0.0385. The first-order valence-corrected chi connectivity index (χ1v) is 9.41. The summed E-state index contributed by atoms with van der Waals surface area (Å²) in [4.78, 5) is 11.8. The smallest absolute Gasteiger partial charge is 0.336 e. The van der Waals surface area contributed by atoms with Gasteiger partial charge in [0, 0.05) is 5.56 Å². The Kier molecular flexibility index (Phi) is 5.39. The van der Waals surface area contributed by atoms with E-state index in [9.17, 15) is 9.90 Å². The average Bonchev–Trinajstić information content (AvgIpc) is 2.77. The third-order valence-corrected chi connectivity index (χ3v) is 4.80. The van der Waals surface area contributed by atoms with Gasteiger partial charge < -0.3 is 9.84 Å². The number of para-hydroxylation sites is 1. The molecule has 29 heavy (non-hydrogen) atoms. The van der Waals surface area contributed by atoms with Crippen LogP contribution in [-0.4, -0.2) is 11.1 Å². The third kappa shape index (κ3) is 4.19. The number of benzene rings is 4. The summed E-state index contributed by atoms with van der Waals surface area (Å²) in [6, 6.07) is 30.9. The molecular formula is C26H20O3. The molecule has 0 atom stereocenters. The molecule has 0 aromatic heterocycles. The highest BCUT2D eigenvalue weighted by Gasteiger charge is 2.12. The van der Waals surface area contributed by atoms with E-state index >= 15 is 0 Å². The van der Waals surface area contributed by atoms with E-state index in [1.165, 1.54) is 5.39 Å². The van der Waals surface area contributed by atoms with Crippen molar-refractivity contribution in [2.75, 3.05) is 0 Å². The monoisotopic (exact) mass is 380 g/mol. The van der Waals surface area contributed by atoms with E-state index in [4.69, 9.17) is 4.74 Å². The van der Waals surface area contributed by atoms with E-state index in [-0.39, 0.29) is 5.57 Å². The summed E-state index contributed by atoms with van der Waals surface area (Å²) in [5.74, 6) is -0.324.